The van der Waals surface area contributed by atoms with Gasteiger partial charge in [-0.3, -0.25) is 0 Å². The Morgan fingerprint density at radius 3 is 2.62 bits per heavy atom. The summed E-state index contributed by atoms with van der Waals surface area (Å²) >= 11 is 0. The Labute approximate surface area is 61.2 Å². The van der Waals surface area contributed by atoms with Crippen molar-refractivity contribution in [1.29, 1.82) is 0 Å². The van der Waals surface area contributed by atoms with Crippen LogP contribution in [-0.4, -0.2) is 6.61 Å². The fraction of sp³-hybridized carbons (Fsp3) is 1.00. The minimum absolute atomic E-state index is 0. The molecule has 2 nitrogen and oxygen atoms in total. The molecule has 0 aromatic carbocycles. The summed E-state index contributed by atoms with van der Waals surface area (Å²) in [5, 5.41) is 0. The first-order chi connectivity index (χ1) is 3.41. The third kappa shape index (κ3) is 9.75. The van der Waals surface area contributed by atoms with E-state index in [1.165, 1.54) is 0 Å². The number of hydrogen-bond donors (Lipinski definition) is 0. The zero-order valence-electron chi connectivity index (χ0n) is 4.75. The molecular weight excluding hydrogens is 170 g/mol. The van der Waals surface area contributed by atoms with Crippen molar-refractivity contribution in [3.05, 3.63) is 0 Å². The summed E-state index contributed by atoms with van der Waals surface area (Å²) in [5.74, 6) is 0. The largest absolute Gasteiger partial charge is 0.494 e. The molecule has 0 bridgehead atoms. The van der Waals surface area contributed by atoms with Gasteiger partial charge in [-0.05, 0) is 11.0 Å². The van der Waals surface area contributed by atoms with E-state index in [1.54, 1.807) is 0 Å². The molecule has 0 aliphatic carbocycles. The van der Waals surface area contributed by atoms with Crippen molar-refractivity contribution in [1.82, 2.24) is 0 Å². The van der Waals surface area contributed by atoms with Crippen LogP contribution in [0, 0.1) is 0 Å². The molecule has 52 valence electrons. The van der Waals surface area contributed by atoms with Crippen LogP contribution in [-0.2, 0) is 25.6 Å². The van der Waals surface area contributed by atoms with Crippen LogP contribution >= 0.6 is 8.69 Å². The van der Waals surface area contributed by atoms with Crippen molar-refractivity contribution in [2.45, 2.75) is 19.8 Å². The van der Waals surface area contributed by atoms with Crippen molar-refractivity contribution in [2.75, 3.05) is 6.61 Å². The Balaban J connectivity index is 0. The smallest absolute Gasteiger partial charge is 0.148 e. The summed E-state index contributed by atoms with van der Waals surface area (Å²) in [6, 6.07) is 0. The van der Waals surface area contributed by atoms with Crippen LogP contribution in [0.4, 0.5) is 0 Å². The molecule has 0 radical (unpaired) electrons. The standard InChI is InChI=1S/C4H10O2P.Ni/c1-2-3-4-6-7-5;/h7H,2-4H2,1H3;/q+1;. The van der Waals surface area contributed by atoms with Gasteiger partial charge >= 0.3 is 8.69 Å². The Morgan fingerprint density at radius 1 is 1.62 bits per heavy atom. The average Bonchev–Trinajstić information content (AvgIpc) is 1.69. The molecule has 0 saturated carbocycles. The molecule has 0 saturated heterocycles. The molecule has 0 spiro atoms. The molecule has 1 unspecified atom stereocenters. The summed E-state index contributed by atoms with van der Waals surface area (Å²) < 4.78 is 14.2. The van der Waals surface area contributed by atoms with Crippen molar-refractivity contribution >= 4 is 8.69 Å². The molecule has 0 rings (SSSR count). The average molecular weight is 180 g/mol. The zero-order chi connectivity index (χ0) is 5.54. The van der Waals surface area contributed by atoms with Crippen molar-refractivity contribution < 1.29 is 25.6 Å². The first-order valence-electron chi connectivity index (χ1n) is 2.40. The predicted octanol–water partition coefficient (Wildman–Crippen LogP) is 1.74. The number of hydrogen-bond acceptors (Lipinski definition) is 2. The van der Waals surface area contributed by atoms with Crippen molar-refractivity contribution in [3.63, 3.8) is 0 Å². The van der Waals surface area contributed by atoms with E-state index in [0.717, 1.165) is 12.8 Å². The quantitative estimate of drug-likeness (QED) is 0.374. The van der Waals surface area contributed by atoms with Gasteiger partial charge in [-0.25, -0.2) is 0 Å². The molecule has 0 fully saturated rings. The van der Waals surface area contributed by atoms with Gasteiger partial charge in [-0.15, -0.1) is 4.52 Å². The van der Waals surface area contributed by atoms with Gasteiger partial charge in [0.25, 0.3) is 0 Å². The van der Waals surface area contributed by atoms with E-state index in [-0.39, 0.29) is 16.5 Å². The van der Waals surface area contributed by atoms with Gasteiger partial charge in [0.15, 0.2) is 0 Å². The van der Waals surface area contributed by atoms with Gasteiger partial charge in [0.2, 0.25) is 0 Å². The molecule has 4 heteroatoms. The summed E-state index contributed by atoms with van der Waals surface area (Å²) in [7, 11) is -0.582. The molecule has 0 heterocycles. The van der Waals surface area contributed by atoms with E-state index in [0.29, 0.717) is 6.61 Å². The topological polar surface area (TPSA) is 26.3 Å². The molecule has 0 aliphatic heterocycles. The Kier molecular flexibility index (Phi) is 14.9. The Morgan fingerprint density at radius 2 is 2.25 bits per heavy atom. The number of unbranched alkanes of at least 4 members (excludes halogenated alkanes) is 1. The van der Waals surface area contributed by atoms with E-state index in [4.69, 9.17) is 0 Å². The van der Waals surface area contributed by atoms with E-state index in [2.05, 4.69) is 11.4 Å². The maximum Gasteiger partial charge on any atom is 0.494 e. The van der Waals surface area contributed by atoms with Crippen LogP contribution in [0.1, 0.15) is 19.8 Å². The van der Waals surface area contributed by atoms with Crippen molar-refractivity contribution in [3.8, 4) is 0 Å². The van der Waals surface area contributed by atoms with Crippen molar-refractivity contribution in [2.24, 2.45) is 0 Å². The third-order valence-corrected chi connectivity index (χ3v) is 0.981. The second-order valence-electron chi connectivity index (χ2n) is 1.29. The SMILES string of the molecule is CCCCO[PH+]=O.[Ni]. The monoisotopic (exact) mass is 179 g/mol. The fourth-order valence-electron chi connectivity index (χ4n) is 0.258. The van der Waals surface area contributed by atoms with E-state index in [9.17, 15) is 4.57 Å². The van der Waals surface area contributed by atoms with Gasteiger partial charge in [0, 0.05) is 16.5 Å². The first-order valence-corrected chi connectivity index (χ1v) is 3.22. The second-order valence-corrected chi connectivity index (χ2v) is 1.74. The van der Waals surface area contributed by atoms with Crippen LogP contribution in [0.5, 0.6) is 0 Å². The maximum absolute atomic E-state index is 9.61. The van der Waals surface area contributed by atoms with Gasteiger partial charge < -0.3 is 0 Å². The minimum atomic E-state index is -0.582. The Hall–Kier alpha value is 0.554. The maximum atomic E-state index is 9.61. The number of rotatable bonds is 4. The second kappa shape index (κ2) is 10.5. The van der Waals surface area contributed by atoms with E-state index >= 15 is 0 Å². The first kappa shape index (κ1) is 11.4. The van der Waals surface area contributed by atoms with Crippen LogP contribution in [0.15, 0.2) is 0 Å². The molecule has 0 N–H and O–H groups in total. The van der Waals surface area contributed by atoms with Gasteiger partial charge in [0.05, 0.1) is 0 Å². The Bertz CT molecular complexity index is 51.3. The van der Waals surface area contributed by atoms with Gasteiger partial charge in [-0.1, -0.05) is 13.3 Å². The molecule has 0 amide bonds. The summed E-state index contributed by atoms with van der Waals surface area (Å²) in [4.78, 5) is 0. The third-order valence-electron chi connectivity index (χ3n) is 0.659. The molecule has 0 aromatic heterocycles. The molecule has 1 atom stereocenters. The van der Waals surface area contributed by atoms with E-state index in [1.807, 2.05) is 0 Å². The van der Waals surface area contributed by atoms with Crippen LogP contribution in [0.3, 0.4) is 0 Å². The molecular formula is C4H10NiO2P+. The molecule has 0 aromatic rings. The van der Waals surface area contributed by atoms with E-state index < -0.39 is 8.69 Å². The summed E-state index contributed by atoms with van der Waals surface area (Å²) in [6.45, 7) is 2.70. The van der Waals surface area contributed by atoms with Crippen LogP contribution in [0.25, 0.3) is 0 Å². The van der Waals surface area contributed by atoms with Crippen LogP contribution < -0.4 is 0 Å². The molecule has 8 heavy (non-hydrogen) atoms. The normalized spacial score (nSPS) is 8.62. The van der Waals surface area contributed by atoms with Gasteiger partial charge in [0.1, 0.15) is 6.61 Å². The summed E-state index contributed by atoms with van der Waals surface area (Å²) in [5.41, 5.74) is 0. The predicted molar refractivity (Wildman–Crippen MR) is 29.9 cm³/mol. The zero-order valence-corrected chi connectivity index (χ0v) is 6.74. The minimum Gasteiger partial charge on any atom is -0.148 e. The summed E-state index contributed by atoms with van der Waals surface area (Å²) in [6.07, 6.45) is 2.11. The van der Waals surface area contributed by atoms with Crippen LogP contribution in [0.2, 0.25) is 0 Å². The molecule has 0 aliphatic rings. The van der Waals surface area contributed by atoms with Gasteiger partial charge in [-0.2, -0.15) is 0 Å². The fourth-order valence-corrected chi connectivity index (χ4v) is 0.486.